The van der Waals surface area contributed by atoms with Crippen molar-refractivity contribution in [2.45, 2.75) is 39.8 Å². The minimum atomic E-state index is 0.400. The molecule has 0 aromatic rings. The van der Waals surface area contributed by atoms with Gasteiger partial charge in [-0.1, -0.05) is 20.8 Å². The fourth-order valence-electron chi connectivity index (χ4n) is 1.41. The van der Waals surface area contributed by atoms with Crippen molar-refractivity contribution in [3.8, 4) is 0 Å². The molecule has 1 heterocycles. The van der Waals surface area contributed by atoms with Gasteiger partial charge in [-0.2, -0.15) is 0 Å². The molecule has 2 heteroatoms. The lowest BCUT2D eigenvalue weighted by Gasteiger charge is -2.18. The van der Waals surface area contributed by atoms with Crippen LogP contribution in [0.15, 0.2) is 0 Å². The maximum absolute atomic E-state index is 5.78. The Kier molecular flexibility index (Phi) is 3.53. The van der Waals surface area contributed by atoms with Crippen molar-refractivity contribution in [3.63, 3.8) is 0 Å². The third-order valence-corrected chi connectivity index (χ3v) is 2.81. The van der Waals surface area contributed by atoms with Crippen molar-refractivity contribution < 1.29 is 4.74 Å². The molecule has 72 valence electrons. The van der Waals surface area contributed by atoms with Crippen molar-refractivity contribution in [2.24, 2.45) is 11.8 Å². The topological polar surface area (TPSA) is 21.3 Å². The van der Waals surface area contributed by atoms with Crippen molar-refractivity contribution in [1.82, 2.24) is 5.32 Å². The summed E-state index contributed by atoms with van der Waals surface area (Å²) in [6, 6.07) is 0.591. The summed E-state index contributed by atoms with van der Waals surface area (Å²) < 4.78 is 5.78. The molecule has 0 amide bonds. The van der Waals surface area contributed by atoms with Gasteiger partial charge in [0.05, 0.1) is 12.7 Å². The van der Waals surface area contributed by atoms with E-state index in [0.717, 1.165) is 13.2 Å². The number of hydrogen-bond acceptors (Lipinski definition) is 2. The van der Waals surface area contributed by atoms with E-state index < -0.39 is 0 Å². The van der Waals surface area contributed by atoms with Crippen LogP contribution in [0.5, 0.6) is 0 Å². The Morgan fingerprint density at radius 3 is 2.58 bits per heavy atom. The zero-order valence-corrected chi connectivity index (χ0v) is 8.63. The van der Waals surface area contributed by atoms with Crippen molar-refractivity contribution in [3.05, 3.63) is 0 Å². The summed E-state index contributed by atoms with van der Waals surface area (Å²) in [5, 5.41) is 3.50. The first-order chi connectivity index (χ1) is 5.61. The molecule has 2 nitrogen and oxygen atoms in total. The highest BCUT2D eigenvalue weighted by atomic mass is 16.5. The van der Waals surface area contributed by atoms with E-state index in [1.165, 1.54) is 0 Å². The summed E-state index contributed by atoms with van der Waals surface area (Å²) in [6.45, 7) is 10.8. The number of rotatable bonds is 1. The van der Waals surface area contributed by atoms with Crippen LogP contribution in [0.4, 0.5) is 0 Å². The molecule has 1 N–H and O–H groups in total. The smallest absolute Gasteiger partial charge is 0.0722 e. The fraction of sp³-hybridized carbons (Fsp3) is 1.00. The average Bonchev–Trinajstić information content (AvgIpc) is 2.16. The quantitative estimate of drug-likeness (QED) is 0.648. The molecule has 3 atom stereocenters. The van der Waals surface area contributed by atoms with E-state index in [0.29, 0.717) is 24.0 Å². The number of nitrogens with one attached hydrogen (secondary N) is 1. The molecule has 0 bridgehead atoms. The van der Waals surface area contributed by atoms with Gasteiger partial charge in [0.25, 0.3) is 0 Å². The van der Waals surface area contributed by atoms with Crippen molar-refractivity contribution in [2.75, 3.05) is 13.2 Å². The second-order valence-electron chi connectivity index (χ2n) is 4.29. The lowest BCUT2D eigenvalue weighted by atomic mass is 10.1. The molecule has 0 radical (unpaired) electrons. The molecule has 1 fully saturated rings. The van der Waals surface area contributed by atoms with Gasteiger partial charge in [-0.05, 0) is 18.8 Å². The minimum absolute atomic E-state index is 0.400. The summed E-state index contributed by atoms with van der Waals surface area (Å²) in [4.78, 5) is 0. The summed E-state index contributed by atoms with van der Waals surface area (Å²) in [7, 11) is 0. The van der Waals surface area contributed by atoms with E-state index in [4.69, 9.17) is 4.74 Å². The lowest BCUT2D eigenvalue weighted by Crippen LogP contribution is -2.35. The van der Waals surface area contributed by atoms with E-state index >= 15 is 0 Å². The Bertz CT molecular complexity index is 124. The first-order valence-corrected chi connectivity index (χ1v) is 4.96. The van der Waals surface area contributed by atoms with Crippen LogP contribution in [0, 0.1) is 11.8 Å². The Labute approximate surface area is 75.7 Å². The summed E-state index contributed by atoms with van der Waals surface area (Å²) >= 11 is 0. The van der Waals surface area contributed by atoms with Gasteiger partial charge in [0.15, 0.2) is 0 Å². The van der Waals surface area contributed by atoms with Crippen molar-refractivity contribution in [1.29, 1.82) is 0 Å². The molecule has 0 aromatic heterocycles. The van der Waals surface area contributed by atoms with Gasteiger partial charge in [-0.3, -0.25) is 0 Å². The third-order valence-electron chi connectivity index (χ3n) is 2.81. The van der Waals surface area contributed by atoms with Gasteiger partial charge in [0, 0.05) is 12.6 Å². The Morgan fingerprint density at radius 2 is 2.00 bits per heavy atom. The monoisotopic (exact) mass is 171 g/mol. The predicted molar refractivity (Wildman–Crippen MR) is 51.2 cm³/mol. The second-order valence-corrected chi connectivity index (χ2v) is 4.29. The first-order valence-electron chi connectivity index (χ1n) is 4.96. The van der Waals surface area contributed by atoms with Crippen LogP contribution in [0.1, 0.15) is 27.7 Å². The summed E-state index contributed by atoms with van der Waals surface area (Å²) in [6.07, 6.45) is 0.400. The van der Waals surface area contributed by atoms with Crippen LogP contribution in [-0.2, 0) is 4.74 Å². The maximum Gasteiger partial charge on any atom is 0.0722 e. The molecule has 0 aliphatic carbocycles. The molecule has 0 aromatic carbocycles. The van der Waals surface area contributed by atoms with E-state index in [2.05, 4.69) is 33.0 Å². The van der Waals surface area contributed by atoms with Crippen LogP contribution in [0.3, 0.4) is 0 Å². The summed E-state index contributed by atoms with van der Waals surface area (Å²) in [5.41, 5.74) is 0. The molecule has 1 rings (SSSR count). The molecule has 3 unspecified atom stereocenters. The molecule has 1 aliphatic heterocycles. The predicted octanol–water partition coefficient (Wildman–Crippen LogP) is 1.66. The SMILES string of the molecule is CC(C)C1CNC(C)C(C)CO1. The molecule has 0 spiro atoms. The minimum Gasteiger partial charge on any atom is -0.376 e. The van der Waals surface area contributed by atoms with E-state index in [9.17, 15) is 0 Å². The highest BCUT2D eigenvalue weighted by Gasteiger charge is 2.22. The summed E-state index contributed by atoms with van der Waals surface area (Å²) in [5.74, 6) is 1.25. The zero-order chi connectivity index (χ0) is 9.14. The van der Waals surface area contributed by atoms with Gasteiger partial charge in [0.1, 0.15) is 0 Å². The molecule has 1 aliphatic rings. The largest absolute Gasteiger partial charge is 0.376 e. The first kappa shape index (κ1) is 10.0. The molecule has 0 saturated carbocycles. The van der Waals surface area contributed by atoms with Crippen LogP contribution < -0.4 is 5.32 Å². The van der Waals surface area contributed by atoms with Crippen molar-refractivity contribution >= 4 is 0 Å². The average molecular weight is 171 g/mol. The highest BCUT2D eigenvalue weighted by Crippen LogP contribution is 2.14. The zero-order valence-electron chi connectivity index (χ0n) is 8.63. The lowest BCUT2D eigenvalue weighted by molar-refractivity contribution is 0.0220. The molecular weight excluding hydrogens is 150 g/mol. The Balaban J connectivity index is 2.44. The Morgan fingerprint density at radius 1 is 1.33 bits per heavy atom. The third kappa shape index (κ3) is 2.46. The molecular formula is C10H21NO. The van der Waals surface area contributed by atoms with E-state index in [1.54, 1.807) is 0 Å². The van der Waals surface area contributed by atoms with E-state index in [1.807, 2.05) is 0 Å². The fourth-order valence-corrected chi connectivity index (χ4v) is 1.41. The second kappa shape index (κ2) is 4.24. The Hall–Kier alpha value is -0.0800. The van der Waals surface area contributed by atoms with Crippen LogP contribution >= 0.6 is 0 Å². The number of ether oxygens (including phenoxy) is 1. The van der Waals surface area contributed by atoms with E-state index in [-0.39, 0.29) is 0 Å². The maximum atomic E-state index is 5.78. The number of hydrogen-bond donors (Lipinski definition) is 1. The van der Waals surface area contributed by atoms with Gasteiger partial charge < -0.3 is 10.1 Å². The van der Waals surface area contributed by atoms with Gasteiger partial charge in [0.2, 0.25) is 0 Å². The van der Waals surface area contributed by atoms with Gasteiger partial charge >= 0.3 is 0 Å². The standard InChI is InChI=1S/C10H21NO/c1-7(2)10-5-11-9(4)8(3)6-12-10/h7-11H,5-6H2,1-4H3. The highest BCUT2D eigenvalue weighted by molar-refractivity contribution is 4.77. The molecule has 1 saturated heterocycles. The van der Waals surface area contributed by atoms with Crippen LogP contribution in [-0.4, -0.2) is 25.3 Å². The van der Waals surface area contributed by atoms with Crippen LogP contribution in [0.25, 0.3) is 0 Å². The van der Waals surface area contributed by atoms with Gasteiger partial charge in [-0.25, -0.2) is 0 Å². The molecule has 12 heavy (non-hydrogen) atoms. The van der Waals surface area contributed by atoms with Crippen LogP contribution in [0.2, 0.25) is 0 Å². The normalized spacial score (nSPS) is 38.2. The van der Waals surface area contributed by atoms with Gasteiger partial charge in [-0.15, -0.1) is 0 Å².